The van der Waals surface area contributed by atoms with Gasteiger partial charge in [0, 0.05) is 25.7 Å². The maximum atomic E-state index is 5.92. The van der Waals surface area contributed by atoms with E-state index in [0.717, 1.165) is 17.9 Å². The molecule has 78 valence electrons. The molecule has 0 radical (unpaired) electrons. The van der Waals surface area contributed by atoms with Crippen LogP contribution in [0.2, 0.25) is 0 Å². The van der Waals surface area contributed by atoms with Crippen LogP contribution in [-0.4, -0.2) is 34.8 Å². The monoisotopic (exact) mass is 194 g/mol. The summed E-state index contributed by atoms with van der Waals surface area (Å²) < 4.78 is 1.80. The summed E-state index contributed by atoms with van der Waals surface area (Å²) in [5.74, 6) is 0.523. The van der Waals surface area contributed by atoms with E-state index in [1.165, 1.54) is 19.4 Å². The number of aromatic nitrogens is 2. The van der Waals surface area contributed by atoms with Gasteiger partial charge in [0.15, 0.2) is 0 Å². The molecule has 2 N–H and O–H groups in total. The van der Waals surface area contributed by atoms with Crippen LogP contribution in [0, 0.1) is 0 Å². The highest BCUT2D eigenvalue weighted by molar-refractivity contribution is 5.43. The van der Waals surface area contributed by atoms with Gasteiger partial charge in [-0.2, -0.15) is 5.10 Å². The molecule has 1 aliphatic rings. The number of anilines is 1. The summed E-state index contributed by atoms with van der Waals surface area (Å²) in [5.41, 5.74) is 7.84. The van der Waals surface area contributed by atoms with Crippen LogP contribution in [0.4, 0.5) is 5.69 Å². The number of likely N-dealkylation sites (N-methyl/N-ethyl adjacent to an activating group) is 1. The average molecular weight is 194 g/mol. The van der Waals surface area contributed by atoms with Crippen molar-refractivity contribution < 1.29 is 0 Å². The van der Waals surface area contributed by atoms with E-state index in [1.807, 2.05) is 13.2 Å². The summed E-state index contributed by atoms with van der Waals surface area (Å²) in [6, 6.07) is 0. The Bertz CT molecular complexity index is 318. The fraction of sp³-hybridized carbons (Fsp3) is 0.700. The Labute approximate surface area is 84.7 Å². The number of hydrogen-bond donors (Lipinski definition) is 1. The molecule has 0 amide bonds. The van der Waals surface area contributed by atoms with E-state index >= 15 is 0 Å². The third kappa shape index (κ3) is 1.75. The highest BCUT2D eigenvalue weighted by atomic mass is 15.3. The van der Waals surface area contributed by atoms with Crippen LogP contribution < -0.4 is 5.73 Å². The fourth-order valence-corrected chi connectivity index (χ4v) is 2.23. The summed E-state index contributed by atoms with van der Waals surface area (Å²) >= 11 is 0. The largest absolute Gasteiger partial charge is 0.396 e. The third-order valence-electron chi connectivity index (χ3n) is 2.90. The van der Waals surface area contributed by atoms with Gasteiger partial charge in [0.05, 0.1) is 11.4 Å². The maximum Gasteiger partial charge on any atom is 0.0897 e. The van der Waals surface area contributed by atoms with Gasteiger partial charge in [0.1, 0.15) is 0 Å². The molecule has 2 rings (SSSR count). The molecule has 0 aromatic carbocycles. The Hall–Kier alpha value is -1.03. The first-order valence-corrected chi connectivity index (χ1v) is 5.14. The van der Waals surface area contributed by atoms with Crippen molar-refractivity contribution in [2.75, 3.05) is 25.9 Å². The molecule has 2 heterocycles. The summed E-state index contributed by atoms with van der Waals surface area (Å²) in [5, 5.41) is 4.43. The van der Waals surface area contributed by atoms with E-state index in [1.54, 1.807) is 4.68 Å². The highest BCUT2D eigenvalue weighted by Crippen LogP contribution is 2.28. The molecule has 1 aliphatic heterocycles. The first-order valence-electron chi connectivity index (χ1n) is 5.14. The van der Waals surface area contributed by atoms with E-state index in [9.17, 15) is 0 Å². The van der Waals surface area contributed by atoms with Gasteiger partial charge in [-0.25, -0.2) is 0 Å². The molecule has 1 aromatic heterocycles. The summed E-state index contributed by atoms with van der Waals surface area (Å²) in [4.78, 5) is 2.35. The van der Waals surface area contributed by atoms with E-state index < -0.39 is 0 Å². The standard InChI is InChI=1S/C10H18N4/c1-13-5-3-4-8(6-13)10-9(11)7-14(2)12-10/h7-8H,3-6,11H2,1-2H3. The first-order chi connectivity index (χ1) is 6.66. The third-order valence-corrected chi connectivity index (χ3v) is 2.90. The Kier molecular flexibility index (Phi) is 2.46. The number of nitrogen functional groups attached to an aromatic ring is 1. The summed E-state index contributed by atoms with van der Waals surface area (Å²) in [6.07, 6.45) is 4.35. The molecule has 1 fully saturated rings. The normalized spacial score (nSPS) is 24.0. The van der Waals surface area contributed by atoms with E-state index in [-0.39, 0.29) is 0 Å². The molecule has 0 spiro atoms. The average Bonchev–Trinajstić information content (AvgIpc) is 2.45. The molecule has 0 saturated carbocycles. The lowest BCUT2D eigenvalue weighted by molar-refractivity contribution is 0.248. The molecule has 4 nitrogen and oxygen atoms in total. The molecule has 1 atom stereocenters. The second-order valence-electron chi connectivity index (χ2n) is 4.24. The van der Waals surface area contributed by atoms with Crippen molar-refractivity contribution in [1.82, 2.24) is 14.7 Å². The predicted molar refractivity (Wildman–Crippen MR) is 57.1 cm³/mol. The highest BCUT2D eigenvalue weighted by Gasteiger charge is 2.22. The van der Waals surface area contributed by atoms with Crippen molar-refractivity contribution in [3.8, 4) is 0 Å². The molecule has 14 heavy (non-hydrogen) atoms. The lowest BCUT2D eigenvalue weighted by Gasteiger charge is -2.28. The second kappa shape index (κ2) is 3.61. The van der Waals surface area contributed by atoms with Gasteiger partial charge in [-0.15, -0.1) is 0 Å². The van der Waals surface area contributed by atoms with Crippen LogP contribution >= 0.6 is 0 Å². The quantitative estimate of drug-likeness (QED) is 0.719. The minimum atomic E-state index is 0.523. The zero-order chi connectivity index (χ0) is 10.1. The van der Waals surface area contributed by atoms with Crippen LogP contribution in [0.3, 0.4) is 0 Å². The Morgan fingerprint density at radius 1 is 1.50 bits per heavy atom. The number of piperidine rings is 1. The number of likely N-dealkylation sites (tertiary alicyclic amines) is 1. The molecule has 1 unspecified atom stereocenters. The van der Waals surface area contributed by atoms with Crippen LogP contribution in [0.1, 0.15) is 24.5 Å². The Morgan fingerprint density at radius 3 is 2.86 bits per heavy atom. The Morgan fingerprint density at radius 2 is 2.29 bits per heavy atom. The van der Waals surface area contributed by atoms with Gasteiger partial charge in [0.2, 0.25) is 0 Å². The van der Waals surface area contributed by atoms with Gasteiger partial charge in [-0.05, 0) is 26.4 Å². The molecular weight excluding hydrogens is 176 g/mol. The lowest BCUT2D eigenvalue weighted by atomic mass is 9.94. The lowest BCUT2D eigenvalue weighted by Crippen LogP contribution is -2.31. The number of aryl methyl sites for hydroxylation is 1. The maximum absolute atomic E-state index is 5.92. The number of nitrogens with zero attached hydrogens (tertiary/aromatic N) is 3. The zero-order valence-electron chi connectivity index (χ0n) is 8.90. The van der Waals surface area contributed by atoms with Gasteiger partial charge < -0.3 is 10.6 Å². The predicted octanol–water partition coefficient (Wildman–Crippen LogP) is 0.811. The van der Waals surface area contributed by atoms with Crippen molar-refractivity contribution in [2.45, 2.75) is 18.8 Å². The first kappa shape index (κ1) is 9.52. The zero-order valence-corrected chi connectivity index (χ0v) is 8.90. The summed E-state index contributed by atoms with van der Waals surface area (Å²) in [7, 11) is 4.08. The van der Waals surface area contributed by atoms with Gasteiger partial charge in [0.25, 0.3) is 0 Å². The van der Waals surface area contributed by atoms with Crippen molar-refractivity contribution in [3.63, 3.8) is 0 Å². The summed E-state index contributed by atoms with van der Waals surface area (Å²) in [6.45, 7) is 2.28. The molecule has 1 aromatic rings. The van der Waals surface area contributed by atoms with Gasteiger partial charge in [-0.1, -0.05) is 0 Å². The number of nitrogens with two attached hydrogens (primary N) is 1. The van der Waals surface area contributed by atoms with Crippen molar-refractivity contribution in [2.24, 2.45) is 7.05 Å². The fourth-order valence-electron chi connectivity index (χ4n) is 2.23. The molecule has 0 bridgehead atoms. The van der Waals surface area contributed by atoms with Crippen LogP contribution in [0.15, 0.2) is 6.20 Å². The minimum absolute atomic E-state index is 0.523. The molecule has 1 saturated heterocycles. The topological polar surface area (TPSA) is 47.1 Å². The van der Waals surface area contributed by atoms with E-state index in [2.05, 4.69) is 17.0 Å². The SMILES string of the molecule is CN1CCCC(c2nn(C)cc2N)C1. The van der Waals surface area contributed by atoms with Crippen LogP contribution in [0.5, 0.6) is 0 Å². The van der Waals surface area contributed by atoms with Crippen molar-refractivity contribution >= 4 is 5.69 Å². The second-order valence-corrected chi connectivity index (χ2v) is 4.24. The minimum Gasteiger partial charge on any atom is -0.396 e. The van der Waals surface area contributed by atoms with E-state index in [0.29, 0.717) is 5.92 Å². The Balaban J connectivity index is 2.17. The van der Waals surface area contributed by atoms with E-state index in [4.69, 9.17) is 5.73 Å². The number of hydrogen-bond acceptors (Lipinski definition) is 3. The van der Waals surface area contributed by atoms with Crippen LogP contribution in [-0.2, 0) is 7.05 Å². The smallest absolute Gasteiger partial charge is 0.0897 e. The number of rotatable bonds is 1. The van der Waals surface area contributed by atoms with Crippen LogP contribution in [0.25, 0.3) is 0 Å². The van der Waals surface area contributed by atoms with Gasteiger partial charge >= 0.3 is 0 Å². The molecule has 0 aliphatic carbocycles. The van der Waals surface area contributed by atoms with Gasteiger partial charge in [-0.3, -0.25) is 4.68 Å². The molecular formula is C10H18N4. The van der Waals surface area contributed by atoms with Crippen molar-refractivity contribution in [1.29, 1.82) is 0 Å². The molecule has 4 heteroatoms. The van der Waals surface area contributed by atoms with Crippen molar-refractivity contribution in [3.05, 3.63) is 11.9 Å².